The van der Waals surface area contributed by atoms with Gasteiger partial charge in [-0.25, -0.2) is 8.42 Å². The summed E-state index contributed by atoms with van der Waals surface area (Å²) in [5.41, 5.74) is 1.06. The van der Waals surface area contributed by atoms with Crippen molar-refractivity contribution in [1.29, 1.82) is 0 Å². The van der Waals surface area contributed by atoms with Crippen molar-refractivity contribution in [2.75, 3.05) is 24.6 Å². The van der Waals surface area contributed by atoms with Gasteiger partial charge in [-0.3, -0.25) is 13.9 Å². The lowest BCUT2D eigenvalue weighted by molar-refractivity contribution is -0.140. The number of anilines is 1. The highest BCUT2D eigenvalue weighted by atomic mass is 79.9. The molecule has 3 rings (SSSR count). The minimum Gasteiger partial charge on any atom is -0.497 e. The van der Waals surface area contributed by atoms with Gasteiger partial charge in [0.2, 0.25) is 11.8 Å². The van der Waals surface area contributed by atoms with Gasteiger partial charge in [0.25, 0.3) is 10.0 Å². The van der Waals surface area contributed by atoms with E-state index in [1.165, 1.54) is 17.0 Å². The number of hydrogen-bond donors (Lipinski definition) is 1. The zero-order valence-electron chi connectivity index (χ0n) is 24.5. The molecule has 2 amide bonds. The highest BCUT2D eigenvalue weighted by Gasteiger charge is 2.34. The maximum absolute atomic E-state index is 14.1. The Labute approximate surface area is 257 Å². The van der Waals surface area contributed by atoms with Crippen molar-refractivity contribution in [2.24, 2.45) is 0 Å². The maximum Gasteiger partial charge on any atom is 0.264 e. The van der Waals surface area contributed by atoms with Crippen molar-refractivity contribution in [2.45, 2.75) is 57.6 Å². The lowest BCUT2D eigenvalue weighted by atomic mass is 10.1. The first kappa shape index (κ1) is 32.9. The molecule has 1 atom stereocenters. The Hall–Kier alpha value is -3.57. The second-order valence-corrected chi connectivity index (χ2v) is 12.6. The number of sulfonamides is 1. The summed E-state index contributed by atoms with van der Waals surface area (Å²) >= 11 is 3.34. The Morgan fingerprint density at radius 1 is 0.905 bits per heavy atom. The molecule has 0 aromatic heterocycles. The third kappa shape index (κ3) is 8.48. The van der Waals surface area contributed by atoms with Gasteiger partial charge in [-0.2, -0.15) is 0 Å². The van der Waals surface area contributed by atoms with Crippen LogP contribution in [0.1, 0.15) is 39.7 Å². The number of rotatable bonds is 14. The zero-order valence-corrected chi connectivity index (χ0v) is 26.9. The second-order valence-electron chi connectivity index (χ2n) is 9.85. The number of nitrogens with zero attached hydrogens (tertiary/aromatic N) is 2. The van der Waals surface area contributed by atoms with Gasteiger partial charge in [-0.1, -0.05) is 35.0 Å². The maximum atomic E-state index is 14.1. The van der Waals surface area contributed by atoms with Gasteiger partial charge in [0.1, 0.15) is 24.1 Å². The Kier molecular flexibility index (Phi) is 11.8. The van der Waals surface area contributed by atoms with Crippen molar-refractivity contribution in [3.05, 3.63) is 82.8 Å². The highest BCUT2D eigenvalue weighted by molar-refractivity contribution is 9.10. The topological polar surface area (TPSA) is 105 Å². The van der Waals surface area contributed by atoms with Crippen molar-refractivity contribution in [3.63, 3.8) is 0 Å². The summed E-state index contributed by atoms with van der Waals surface area (Å²) in [4.78, 5) is 28.8. The van der Waals surface area contributed by atoms with Crippen LogP contribution in [-0.2, 0) is 26.2 Å². The molecule has 9 nitrogen and oxygen atoms in total. The summed E-state index contributed by atoms with van der Waals surface area (Å²) in [6.45, 7) is 7.40. The van der Waals surface area contributed by atoms with E-state index in [0.29, 0.717) is 30.2 Å². The van der Waals surface area contributed by atoms with Crippen LogP contribution in [0.5, 0.6) is 11.5 Å². The molecule has 0 aliphatic rings. The number of carbonyl (C=O) groups is 2. The van der Waals surface area contributed by atoms with Crippen LogP contribution in [0.2, 0.25) is 0 Å². The standard InChI is InChI=1S/C31H38BrN3O6S/c1-6-29(31(37)33-22(3)4)34(20-23-8-14-26(40-5)15-9-23)30(36)21-35(25-12-16-27(17-13-25)41-7-2)42(38,39)28-18-10-24(32)11-19-28/h8-19,22,29H,6-7,20-21H2,1-5H3,(H,33,37)/t29-/m0/s1. The molecule has 0 spiro atoms. The first-order chi connectivity index (χ1) is 20.0. The van der Waals surface area contributed by atoms with Gasteiger partial charge >= 0.3 is 0 Å². The molecule has 42 heavy (non-hydrogen) atoms. The van der Waals surface area contributed by atoms with Gasteiger partial charge in [-0.05, 0) is 93.4 Å². The average molecular weight is 661 g/mol. The zero-order chi connectivity index (χ0) is 30.9. The molecule has 0 fully saturated rings. The second kappa shape index (κ2) is 15.1. The van der Waals surface area contributed by atoms with E-state index in [1.54, 1.807) is 55.6 Å². The summed E-state index contributed by atoms with van der Waals surface area (Å²) in [5.74, 6) is 0.401. The fraction of sp³-hybridized carbons (Fsp3) is 0.355. The van der Waals surface area contributed by atoms with E-state index in [4.69, 9.17) is 9.47 Å². The summed E-state index contributed by atoms with van der Waals surface area (Å²) in [6, 6.07) is 19.0. The van der Waals surface area contributed by atoms with E-state index in [1.807, 2.05) is 39.8 Å². The molecular weight excluding hydrogens is 622 g/mol. The fourth-order valence-corrected chi connectivity index (χ4v) is 6.04. The lowest BCUT2D eigenvalue weighted by Gasteiger charge is -2.33. The van der Waals surface area contributed by atoms with Crippen molar-refractivity contribution in [3.8, 4) is 11.5 Å². The van der Waals surface area contributed by atoms with Crippen LogP contribution in [0.3, 0.4) is 0 Å². The number of methoxy groups -OCH3 is 1. The Bertz CT molecular complexity index is 1430. The molecule has 0 radical (unpaired) electrons. The summed E-state index contributed by atoms with van der Waals surface area (Å²) in [6.07, 6.45) is 0.336. The molecule has 226 valence electrons. The summed E-state index contributed by atoms with van der Waals surface area (Å²) in [7, 11) is -2.61. The van der Waals surface area contributed by atoms with Crippen LogP contribution in [-0.4, -0.2) is 57.5 Å². The van der Waals surface area contributed by atoms with Crippen LogP contribution in [0.25, 0.3) is 0 Å². The van der Waals surface area contributed by atoms with Crippen molar-refractivity contribution < 1.29 is 27.5 Å². The van der Waals surface area contributed by atoms with Gasteiger partial charge in [0.05, 0.1) is 24.3 Å². The van der Waals surface area contributed by atoms with Gasteiger partial charge in [-0.15, -0.1) is 0 Å². The SMILES string of the molecule is CCOc1ccc(N(CC(=O)N(Cc2ccc(OC)cc2)[C@@H](CC)C(=O)NC(C)C)S(=O)(=O)c2ccc(Br)cc2)cc1. The summed E-state index contributed by atoms with van der Waals surface area (Å²) in [5, 5.41) is 2.89. The van der Waals surface area contributed by atoms with E-state index in [-0.39, 0.29) is 23.4 Å². The quantitative estimate of drug-likeness (QED) is 0.249. The molecule has 0 saturated heterocycles. The van der Waals surface area contributed by atoms with Crippen LogP contribution in [0, 0.1) is 0 Å². The van der Waals surface area contributed by atoms with Crippen molar-refractivity contribution in [1.82, 2.24) is 10.2 Å². The molecule has 0 saturated carbocycles. The molecule has 0 aliphatic heterocycles. The van der Waals surface area contributed by atoms with E-state index in [2.05, 4.69) is 21.2 Å². The van der Waals surface area contributed by atoms with Gasteiger partial charge in [0.15, 0.2) is 0 Å². The van der Waals surface area contributed by atoms with Crippen LogP contribution < -0.4 is 19.1 Å². The monoisotopic (exact) mass is 659 g/mol. The van der Waals surface area contributed by atoms with E-state index in [9.17, 15) is 18.0 Å². The number of carbonyl (C=O) groups excluding carboxylic acids is 2. The number of ether oxygens (including phenoxy) is 2. The Balaban J connectivity index is 2.06. The normalized spacial score (nSPS) is 12.0. The van der Waals surface area contributed by atoms with Gasteiger partial charge < -0.3 is 19.7 Å². The number of hydrogen-bond acceptors (Lipinski definition) is 6. The summed E-state index contributed by atoms with van der Waals surface area (Å²) < 4.78 is 40.5. The number of halogens is 1. The third-order valence-electron chi connectivity index (χ3n) is 6.45. The number of benzene rings is 3. The Morgan fingerprint density at radius 3 is 2.02 bits per heavy atom. The first-order valence-corrected chi connectivity index (χ1v) is 16.0. The van der Waals surface area contributed by atoms with E-state index >= 15 is 0 Å². The number of amides is 2. The van der Waals surface area contributed by atoms with Crippen molar-refractivity contribution >= 4 is 43.5 Å². The fourth-order valence-electron chi connectivity index (χ4n) is 4.37. The molecule has 0 aliphatic carbocycles. The number of nitrogens with one attached hydrogen (secondary N) is 1. The molecule has 3 aromatic rings. The van der Waals surface area contributed by atoms with Crippen LogP contribution >= 0.6 is 15.9 Å². The highest BCUT2D eigenvalue weighted by Crippen LogP contribution is 2.28. The molecule has 3 aromatic carbocycles. The molecule has 1 N–H and O–H groups in total. The van der Waals surface area contributed by atoms with E-state index < -0.39 is 28.5 Å². The largest absolute Gasteiger partial charge is 0.497 e. The van der Waals surface area contributed by atoms with Crippen LogP contribution in [0.4, 0.5) is 5.69 Å². The molecular formula is C31H38BrN3O6S. The molecule has 11 heteroatoms. The predicted molar refractivity (Wildman–Crippen MR) is 167 cm³/mol. The molecule has 0 heterocycles. The minimum absolute atomic E-state index is 0.0266. The minimum atomic E-state index is -4.17. The van der Waals surface area contributed by atoms with E-state index in [0.717, 1.165) is 14.3 Å². The average Bonchev–Trinajstić information content (AvgIpc) is 2.96. The molecule has 0 unspecified atom stereocenters. The first-order valence-electron chi connectivity index (χ1n) is 13.7. The van der Waals surface area contributed by atoms with Gasteiger partial charge in [0, 0.05) is 17.1 Å². The molecule has 0 bridgehead atoms. The van der Waals surface area contributed by atoms with Crippen LogP contribution in [0.15, 0.2) is 82.2 Å². The Morgan fingerprint density at radius 2 is 1.50 bits per heavy atom. The predicted octanol–water partition coefficient (Wildman–Crippen LogP) is 5.38. The third-order valence-corrected chi connectivity index (χ3v) is 8.76. The lowest BCUT2D eigenvalue weighted by Crippen LogP contribution is -2.53. The smallest absolute Gasteiger partial charge is 0.264 e.